The maximum absolute atomic E-state index is 13.8. The molecule has 2 amide bonds. The Morgan fingerprint density at radius 1 is 1.10 bits per heavy atom. The number of carbonyl (C=O) groups excluding carboxylic acids is 2. The summed E-state index contributed by atoms with van der Waals surface area (Å²) in [5, 5.41) is 2.12. The van der Waals surface area contributed by atoms with Crippen LogP contribution in [-0.4, -0.2) is 85.5 Å². The van der Waals surface area contributed by atoms with Crippen LogP contribution < -0.4 is 22.3 Å². The molecule has 4 N–H and O–H groups in total. The molecule has 0 unspecified atom stereocenters. The Morgan fingerprint density at radius 3 is 2.40 bits per heavy atom. The van der Waals surface area contributed by atoms with Gasteiger partial charge in [-0.2, -0.15) is 0 Å². The summed E-state index contributed by atoms with van der Waals surface area (Å²) in [6.07, 6.45) is -7.12. The minimum atomic E-state index is -2.62. The van der Waals surface area contributed by atoms with E-state index < -0.39 is 97.9 Å². The Hall–Kier alpha value is -3.78. The van der Waals surface area contributed by atoms with Gasteiger partial charge in [-0.05, 0) is 50.2 Å². The number of hydrogen-bond donors (Lipinski definition) is 3. The molecule has 2 aromatic rings. The molecule has 2 saturated heterocycles. The van der Waals surface area contributed by atoms with Gasteiger partial charge in [-0.3, -0.25) is 23.9 Å². The van der Waals surface area contributed by atoms with Gasteiger partial charge in [0.2, 0.25) is 12.2 Å². The molecule has 0 radical (unpaired) electrons. The Kier molecular flexibility index (Phi) is 10.3. The van der Waals surface area contributed by atoms with Crippen LogP contribution in [0.4, 0.5) is 14.5 Å². The van der Waals surface area contributed by atoms with Gasteiger partial charge in [-0.1, -0.05) is 20.8 Å². The van der Waals surface area contributed by atoms with Crippen LogP contribution in [0.25, 0.3) is 0 Å². The van der Waals surface area contributed by atoms with Gasteiger partial charge in [-0.25, -0.2) is 13.6 Å². The molecule has 0 aliphatic carbocycles. The van der Waals surface area contributed by atoms with E-state index in [1.165, 1.54) is 19.4 Å². The molecule has 8 atom stereocenters. The quantitative estimate of drug-likeness (QED) is 0.305. The van der Waals surface area contributed by atoms with Gasteiger partial charge in [0.1, 0.15) is 24.4 Å². The molecule has 274 valence electrons. The van der Waals surface area contributed by atoms with E-state index in [1.54, 1.807) is 13.8 Å². The summed E-state index contributed by atoms with van der Waals surface area (Å²) in [7, 11) is -1.25. The number of nitrogens with two attached hydrogens (primary N) is 1. The molecule has 18 heteroatoms. The number of benzene rings is 1. The molecule has 3 aliphatic rings. The minimum absolute atomic E-state index is 0.0597. The van der Waals surface area contributed by atoms with E-state index in [9.17, 15) is 28.0 Å². The molecule has 15 nitrogen and oxygen atoms in total. The average Bonchev–Trinajstić information content (AvgIpc) is 3.51. The van der Waals surface area contributed by atoms with Gasteiger partial charge >= 0.3 is 5.69 Å². The van der Waals surface area contributed by atoms with E-state index in [1.807, 2.05) is 33.9 Å². The van der Waals surface area contributed by atoms with E-state index >= 15 is 0 Å². The van der Waals surface area contributed by atoms with Gasteiger partial charge in [0, 0.05) is 31.1 Å². The molecular weight excluding hydrogens is 682 g/mol. The highest BCUT2D eigenvalue weighted by Gasteiger charge is 2.57. The zero-order valence-corrected chi connectivity index (χ0v) is 29.9. The highest BCUT2D eigenvalue weighted by Crippen LogP contribution is 2.44. The number of rotatable bonds is 10. The summed E-state index contributed by atoms with van der Waals surface area (Å²) in [5.41, 5.74) is 4.42. The lowest BCUT2D eigenvalue weighted by Gasteiger charge is -2.40. The van der Waals surface area contributed by atoms with E-state index in [0.29, 0.717) is 0 Å². The number of anilines is 1. The monoisotopic (exact) mass is 724 g/mol. The number of amides is 2. The second kappa shape index (κ2) is 13.7. The molecule has 0 spiro atoms. The molecule has 0 saturated carbocycles. The molecule has 4 heterocycles. The number of ether oxygens (including phenoxy) is 6. The van der Waals surface area contributed by atoms with Crippen molar-refractivity contribution in [1.29, 1.82) is 0 Å². The summed E-state index contributed by atoms with van der Waals surface area (Å²) in [5.74, 6) is -5.67. The van der Waals surface area contributed by atoms with Gasteiger partial charge in [0.05, 0.1) is 0 Å². The second-order valence-corrected chi connectivity index (χ2v) is 18.9. The second-order valence-electron chi connectivity index (χ2n) is 14.2. The van der Waals surface area contributed by atoms with Gasteiger partial charge < -0.3 is 43.9 Å². The fourth-order valence-electron chi connectivity index (χ4n) is 5.66. The van der Waals surface area contributed by atoms with Crippen molar-refractivity contribution in [3.05, 3.63) is 74.8 Å². The van der Waals surface area contributed by atoms with Crippen LogP contribution >= 0.6 is 0 Å². The average molecular weight is 725 g/mol. The number of aromatic amines is 1. The van der Waals surface area contributed by atoms with Crippen LogP contribution in [0.3, 0.4) is 0 Å². The topological polar surface area (TPSA) is 192 Å². The predicted molar refractivity (Wildman–Crippen MR) is 174 cm³/mol. The van der Waals surface area contributed by atoms with E-state index in [4.69, 9.17) is 38.6 Å². The van der Waals surface area contributed by atoms with Crippen molar-refractivity contribution in [3.63, 3.8) is 0 Å². The van der Waals surface area contributed by atoms with Crippen LogP contribution in [0.2, 0.25) is 18.1 Å². The first-order chi connectivity index (χ1) is 23.2. The third-order valence-corrected chi connectivity index (χ3v) is 13.6. The van der Waals surface area contributed by atoms with E-state index in [-0.39, 0.29) is 16.5 Å². The number of nitrogens with one attached hydrogen (secondary N) is 2. The van der Waals surface area contributed by atoms with Crippen molar-refractivity contribution in [2.24, 2.45) is 5.73 Å². The van der Waals surface area contributed by atoms with Crippen molar-refractivity contribution < 1.29 is 51.2 Å². The number of carbonyl (C=O) groups is 2. The summed E-state index contributed by atoms with van der Waals surface area (Å²) in [6, 6.07) is 3.94. The standard InChI is InChI=1S/C32H42F2N4O11Si/c1-31(2,3)50(7,8)49-25-22(43-6)23(45-28(25)38-12-11-20(39)37-30(38)42)24(26(35)40)46-29-21-18(47-32(4,5)48-21)14-19(44-29)27(41)36-15-9-10-16(33)17(34)13-15/h9-14,18,21-25,28-29H,1-8H3,(H2,35,40)(H,36,41)(H,37,39,42)/t18-,21-,22+,23-,24+,25+,28+,29+/m0/s1. The van der Waals surface area contributed by atoms with Gasteiger partial charge in [0.15, 0.2) is 49.9 Å². The highest BCUT2D eigenvalue weighted by atomic mass is 28.4. The molecule has 50 heavy (non-hydrogen) atoms. The summed E-state index contributed by atoms with van der Waals surface area (Å²) in [4.78, 5) is 53.6. The first-order valence-electron chi connectivity index (χ1n) is 15.8. The third-order valence-electron chi connectivity index (χ3n) is 9.11. The third kappa shape index (κ3) is 7.60. The molecule has 1 aromatic carbocycles. The molecular formula is C32H42F2N4O11Si. The highest BCUT2D eigenvalue weighted by molar-refractivity contribution is 6.74. The van der Waals surface area contributed by atoms with Crippen LogP contribution in [0.5, 0.6) is 0 Å². The Bertz CT molecular complexity index is 1770. The number of H-pyrrole nitrogens is 1. The number of halogens is 2. The first kappa shape index (κ1) is 37.5. The Labute approximate surface area is 287 Å². The summed E-state index contributed by atoms with van der Waals surface area (Å²) < 4.78 is 71.4. The minimum Gasteiger partial charge on any atom is -0.456 e. The largest absolute Gasteiger partial charge is 0.456 e. The SMILES string of the molecule is CO[C@H]1[C@@H](O[Si](C)(C)C(C)(C)C)[C@H](n2ccc(=O)[nH]c2=O)O[C@@H]1[C@@H](O[C@H]1OC(C(=O)Nc2ccc(F)c(F)c2)=C[C@@H]2OC(C)(C)O[C@H]12)C(N)=O. The maximum atomic E-state index is 13.8. The number of hydrogen-bond acceptors (Lipinski definition) is 11. The van der Waals surface area contributed by atoms with Crippen molar-refractivity contribution in [1.82, 2.24) is 9.55 Å². The van der Waals surface area contributed by atoms with Crippen molar-refractivity contribution in [2.75, 3.05) is 12.4 Å². The fourth-order valence-corrected chi connectivity index (χ4v) is 6.94. The van der Waals surface area contributed by atoms with Crippen LogP contribution in [0, 0.1) is 11.6 Å². The van der Waals surface area contributed by atoms with Crippen molar-refractivity contribution in [2.45, 2.75) is 108 Å². The number of fused-ring (bicyclic) bond motifs is 1. The summed E-state index contributed by atoms with van der Waals surface area (Å²) >= 11 is 0. The van der Waals surface area contributed by atoms with Gasteiger partial charge in [-0.15, -0.1) is 0 Å². The normalized spacial score (nSPS) is 28.4. The smallest absolute Gasteiger partial charge is 0.330 e. The molecule has 0 bridgehead atoms. The maximum Gasteiger partial charge on any atom is 0.330 e. The number of methoxy groups -OCH3 is 1. The zero-order chi connectivity index (χ0) is 36.9. The predicted octanol–water partition coefficient (Wildman–Crippen LogP) is 2.39. The van der Waals surface area contributed by atoms with Crippen molar-refractivity contribution in [3.8, 4) is 0 Å². The Balaban J connectivity index is 1.48. The van der Waals surface area contributed by atoms with Crippen molar-refractivity contribution >= 4 is 25.8 Å². The molecule has 2 fully saturated rings. The molecule has 3 aliphatic heterocycles. The van der Waals surface area contributed by atoms with E-state index in [2.05, 4.69) is 10.3 Å². The lowest BCUT2D eigenvalue weighted by atomic mass is 10.0. The van der Waals surface area contributed by atoms with Crippen LogP contribution in [-0.2, 0) is 42.4 Å². The number of aromatic nitrogens is 2. The number of primary amides is 1. The first-order valence-corrected chi connectivity index (χ1v) is 18.7. The summed E-state index contributed by atoms with van der Waals surface area (Å²) in [6.45, 7) is 13.3. The fraction of sp³-hybridized carbons (Fsp3) is 0.562. The van der Waals surface area contributed by atoms with Gasteiger partial charge in [0.25, 0.3) is 11.5 Å². The Morgan fingerprint density at radius 2 is 1.80 bits per heavy atom. The van der Waals surface area contributed by atoms with E-state index in [0.717, 1.165) is 28.8 Å². The molecule has 1 aromatic heterocycles. The lowest BCUT2D eigenvalue weighted by Crippen LogP contribution is -2.54. The van der Waals surface area contributed by atoms with Crippen LogP contribution in [0.15, 0.2) is 51.9 Å². The zero-order valence-electron chi connectivity index (χ0n) is 28.9. The number of nitrogens with zero attached hydrogens (tertiary/aromatic N) is 1. The van der Waals surface area contributed by atoms with Crippen LogP contribution in [0.1, 0.15) is 40.8 Å². The lowest BCUT2D eigenvalue weighted by molar-refractivity contribution is -0.241. The molecule has 5 rings (SSSR count).